The number of carbonyl (C=O) groups is 1. The van der Waals surface area contributed by atoms with Gasteiger partial charge >= 0.3 is 5.97 Å². The Balaban J connectivity index is 1.44. The fourth-order valence-electron chi connectivity index (χ4n) is 3.51. The van der Waals surface area contributed by atoms with Crippen molar-refractivity contribution in [1.29, 1.82) is 0 Å². The quantitative estimate of drug-likeness (QED) is 0.241. The molecule has 0 radical (unpaired) electrons. The summed E-state index contributed by atoms with van der Waals surface area (Å²) >= 11 is 0. The Hall–Kier alpha value is -4.57. The van der Waals surface area contributed by atoms with Crippen LogP contribution in [0.25, 0.3) is 11.1 Å². The van der Waals surface area contributed by atoms with Crippen molar-refractivity contribution in [3.63, 3.8) is 0 Å². The summed E-state index contributed by atoms with van der Waals surface area (Å²) in [6.07, 6.45) is 1.55. The van der Waals surface area contributed by atoms with Gasteiger partial charge in [0.05, 0.1) is 5.56 Å². The predicted octanol–water partition coefficient (Wildman–Crippen LogP) is 4.07. The maximum absolute atomic E-state index is 12.1. The smallest absolute Gasteiger partial charge is 0.356 e. The van der Waals surface area contributed by atoms with Crippen molar-refractivity contribution in [2.75, 3.05) is 30.0 Å². The summed E-state index contributed by atoms with van der Waals surface area (Å²) in [6.45, 7) is 5.72. The van der Waals surface area contributed by atoms with Gasteiger partial charge in [0.1, 0.15) is 17.2 Å². The molecule has 3 aromatic carbocycles. The minimum absolute atomic E-state index is 0.190. The minimum Gasteiger partial charge on any atom is -0.375 e. The van der Waals surface area contributed by atoms with Crippen molar-refractivity contribution in [2.45, 2.75) is 26.3 Å². The van der Waals surface area contributed by atoms with Gasteiger partial charge in [-0.3, -0.25) is 9.59 Å². The molecule has 0 atom stereocenters. The van der Waals surface area contributed by atoms with E-state index in [-0.39, 0.29) is 16.9 Å². The van der Waals surface area contributed by atoms with E-state index in [2.05, 4.69) is 25.9 Å². The Morgan fingerprint density at radius 2 is 1.43 bits per heavy atom. The van der Waals surface area contributed by atoms with Crippen LogP contribution in [0.2, 0.25) is 0 Å². The highest BCUT2D eigenvalue weighted by Crippen LogP contribution is 2.25. The Kier molecular flexibility index (Phi) is 7.03. The van der Waals surface area contributed by atoms with Gasteiger partial charge in [-0.25, -0.2) is 9.78 Å². The van der Waals surface area contributed by atoms with Gasteiger partial charge in [0.25, 0.3) is 10.9 Å². The molecule has 0 aliphatic rings. The number of benzene rings is 2. The van der Waals surface area contributed by atoms with Crippen LogP contribution in [-0.2, 0) is 4.84 Å². The molecule has 0 saturated heterocycles. The summed E-state index contributed by atoms with van der Waals surface area (Å²) in [6, 6.07) is 16.4. The maximum atomic E-state index is 12.1. The second-order valence-electron chi connectivity index (χ2n) is 9.64. The van der Waals surface area contributed by atoms with Crippen LogP contribution >= 0.6 is 0 Å². The number of anilines is 5. The normalized spacial score (nSPS) is 11.4. The van der Waals surface area contributed by atoms with Crippen LogP contribution in [0.5, 0.6) is 0 Å². The van der Waals surface area contributed by atoms with Gasteiger partial charge in [-0.2, -0.15) is 4.98 Å². The molecule has 0 saturated carbocycles. The fourth-order valence-corrected chi connectivity index (χ4v) is 3.51. The lowest BCUT2D eigenvalue weighted by Crippen LogP contribution is -2.41. The first kappa shape index (κ1) is 25.5. The van der Waals surface area contributed by atoms with Crippen molar-refractivity contribution in [3.8, 4) is 11.1 Å². The molecule has 0 bridgehead atoms. The van der Waals surface area contributed by atoms with E-state index in [1.54, 1.807) is 38.5 Å². The lowest BCUT2D eigenvalue weighted by atomic mass is 10.0. The van der Waals surface area contributed by atoms with E-state index in [1.807, 2.05) is 57.2 Å². The van der Waals surface area contributed by atoms with E-state index >= 15 is 0 Å². The molecular weight excluding hydrogens is 472 g/mol. The maximum Gasteiger partial charge on any atom is 0.356 e. The van der Waals surface area contributed by atoms with Crippen LogP contribution < -0.4 is 26.8 Å². The summed E-state index contributed by atoms with van der Waals surface area (Å²) < 4.78 is 0. The van der Waals surface area contributed by atoms with E-state index in [4.69, 9.17) is 4.84 Å². The summed E-state index contributed by atoms with van der Waals surface area (Å²) in [5.74, 6) is 0.288. The molecule has 0 aliphatic carbocycles. The SMILES string of the molecule is CN(C)OC(=O)c1ccc(-c2ccc(Nc3nccc(Nc4c(NC(C)(C)C)c(=O)c4=O)n3)cc2)cc1. The van der Waals surface area contributed by atoms with Gasteiger partial charge in [-0.15, -0.1) is 5.06 Å². The van der Waals surface area contributed by atoms with Crippen LogP contribution in [-0.4, -0.2) is 40.6 Å². The molecule has 1 aromatic heterocycles. The van der Waals surface area contributed by atoms with Crippen molar-refractivity contribution < 1.29 is 9.63 Å². The molecule has 37 heavy (non-hydrogen) atoms. The molecule has 10 heteroatoms. The first-order chi connectivity index (χ1) is 17.5. The molecule has 0 spiro atoms. The number of nitrogens with one attached hydrogen (secondary N) is 3. The van der Waals surface area contributed by atoms with Gasteiger partial charge in [0, 0.05) is 31.5 Å². The largest absolute Gasteiger partial charge is 0.375 e. The molecule has 0 aliphatic heterocycles. The number of hydrogen-bond acceptors (Lipinski definition) is 10. The van der Waals surface area contributed by atoms with Gasteiger partial charge in [-0.05, 0) is 62.2 Å². The van der Waals surface area contributed by atoms with Gasteiger partial charge in [-0.1, -0.05) is 24.3 Å². The molecule has 1 heterocycles. The van der Waals surface area contributed by atoms with Crippen LogP contribution in [0.4, 0.5) is 28.8 Å². The second-order valence-corrected chi connectivity index (χ2v) is 9.64. The molecule has 0 fully saturated rings. The Bertz CT molecular complexity index is 1480. The summed E-state index contributed by atoms with van der Waals surface area (Å²) in [5, 5.41) is 10.5. The first-order valence-electron chi connectivity index (χ1n) is 11.6. The van der Waals surface area contributed by atoms with Crippen molar-refractivity contribution >= 4 is 34.8 Å². The van der Waals surface area contributed by atoms with Crippen molar-refractivity contribution in [1.82, 2.24) is 15.0 Å². The number of hydrogen-bond donors (Lipinski definition) is 3. The average Bonchev–Trinajstić information content (AvgIpc) is 2.86. The third-order valence-corrected chi connectivity index (χ3v) is 5.18. The molecule has 3 N–H and O–H groups in total. The van der Waals surface area contributed by atoms with Crippen LogP contribution in [0.3, 0.4) is 0 Å². The standard InChI is InChI=1S/C27H28N6O4/c1-27(2,3)32-22-21(23(34)24(22)35)30-20-14-15-28-26(31-20)29-19-12-10-17(11-13-19)16-6-8-18(9-7-16)25(36)37-33(4)5/h6-15,32H,1-5H3,(H2,28,29,30,31). The monoisotopic (exact) mass is 500 g/mol. The Morgan fingerprint density at radius 1 is 0.838 bits per heavy atom. The number of aromatic nitrogens is 2. The topological polar surface area (TPSA) is 126 Å². The average molecular weight is 501 g/mol. The Morgan fingerprint density at radius 3 is 2.03 bits per heavy atom. The highest BCUT2D eigenvalue weighted by molar-refractivity contribution is 5.90. The van der Waals surface area contributed by atoms with E-state index in [1.165, 1.54) is 5.06 Å². The molecule has 4 rings (SSSR count). The van der Waals surface area contributed by atoms with Crippen LogP contribution in [0.1, 0.15) is 31.1 Å². The third kappa shape index (κ3) is 6.17. The summed E-state index contributed by atoms with van der Waals surface area (Å²) in [5.41, 5.74) is 2.08. The molecular formula is C27H28N6O4. The first-order valence-corrected chi connectivity index (χ1v) is 11.6. The Labute approximate surface area is 214 Å². The van der Waals surface area contributed by atoms with Gasteiger partial charge < -0.3 is 20.8 Å². The van der Waals surface area contributed by atoms with E-state index in [0.717, 1.165) is 16.8 Å². The zero-order valence-electron chi connectivity index (χ0n) is 21.2. The molecule has 0 unspecified atom stereocenters. The van der Waals surface area contributed by atoms with E-state index < -0.39 is 16.8 Å². The molecule has 0 amide bonds. The van der Waals surface area contributed by atoms with Gasteiger partial charge in [0.15, 0.2) is 0 Å². The number of rotatable bonds is 8. The summed E-state index contributed by atoms with van der Waals surface area (Å²) in [4.78, 5) is 49.8. The predicted molar refractivity (Wildman–Crippen MR) is 144 cm³/mol. The van der Waals surface area contributed by atoms with Gasteiger partial charge in [0.2, 0.25) is 5.95 Å². The minimum atomic E-state index is -0.585. The lowest BCUT2D eigenvalue weighted by Gasteiger charge is -2.24. The highest BCUT2D eigenvalue weighted by Gasteiger charge is 2.25. The van der Waals surface area contributed by atoms with Crippen molar-refractivity contribution in [2.24, 2.45) is 0 Å². The van der Waals surface area contributed by atoms with Crippen LogP contribution in [0.15, 0.2) is 70.4 Å². The number of hydroxylamine groups is 2. The number of nitrogens with zero attached hydrogens (tertiary/aromatic N) is 3. The molecule has 10 nitrogen and oxygen atoms in total. The lowest BCUT2D eigenvalue weighted by molar-refractivity contribution is -0.0713. The fraction of sp³-hybridized carbons (Fsp3) is 0.222. The van der Waals surface area contributed by atoms with Crippen LogP contribution in [0, 0.1) is 0 Å². The van der Waals surface area contributed by atoms with Crippen molar-refractivity contribution in [3.05, 3.63) is 86.8 Å². The molecule has 4 aromatic rings. The highest BCUT2D eigenvalue weighted by atomic mass is 16.7. The number of carbonyl (C=O) groups excluding carboxylic acids is 1. The zero-order valence-corrected chi connectivity index (χ0v) is 21.2. The zero-order chi connectivity index (χ0) is 26.7. The van der Waals surface area contributed by atoms with E-state index in [9.17, 15) is 14.4 Å². The molecule has 190 valence electrons. The second kappa shape index (κ2) is 10.2. The summed E-state index contributed by atoms with van der Waals surface area (Å²) in [7, 11) is 3.30. The van der Waals surface area contributed by atoms with E-state index in [0.29, 0.717) is 17.3 Å². The third-order valence-electron chi connectivity index (χ3n) is 5.18.